The molecule has 0 radical (unpaired) electrons. The Morgan fingerprint density at radius 2 is 1.79 bits per heavy atom. The van der Waals surface area contributed by atoms with Gasteiger partial charge in [0.1, 0.15) is 6.54 Å². The van der Waals surface area contributed by atoms with Gasteiger partial charge in [0.2, 0.25) is 5.91 Å². The number of carbonyl (C=O) groups is 1. The van der Waals surface area contributed by atoms with Crippen LogP contribution in [0.15, 0.2) is 54.7 Å². The summed E-state index contributed by atoms with van der Waals surface area (Å²) >= 11 is 0. The molecule has 0 atom stereocenters. The Morgan fingerprint density at radius 3 is 2.74 bits per heavy atom. The second-order valence-corrected chi connectivity index (χ2v) is 4.79. The quantitative estimate of drug-likeness (QED) is 0.651. The van der Waals surface area contributed by atoms with Crippen molar-refractivity contribution in [3.63, 3.8) is 0 Å². The van der Waals surface area contributed by atoms with Crippen LogP contribution in [0.1, 0.15) is 0 Å². The zero-order valence-corrected chi connectivity index (χ0v) is 10.3. The van der Waals surface area contributed by atoms with Crippen LogP contribution in [-0.2, 0) is 11.3 Å². The molecule has 19 heavy (non-hydrogen) atoms. The fraction of sp³-hybridized carbons (Fsp3) is 0.0625. The third-order valence-electron chi connectivity index (χ3n) is 3.57. The van der Waals surface area contributed by atoms with Gasteiger partial charge in [-0.2, -0.15) is 0 Å². The first-order chi connectivity index (χ1) is 9.33. The molecular formula is C16H12N2O. The fourth-order valence-corrected chi connectivity index (χ4v) is 2.78. The predicted molar refractivity (Wildman–Crippen MR) is 76.0 cm³/mol. The molecule has 0 spiro atoms. The SMILES string of the molecule is O=C1Cn2cc3ccccc3c2-c2ccccc2N1. The van der Waals surface area contributed by atoms with Crippen LogP contribution in [0.25, 0.3) is 22.0 Å². The number of para-hydroxylation sites is 1. The largest absolute Gasteiger partial charge is 0.337 e. The molecule has 3 aromatic rings. The molecule has 2 aromatic carbocycles. The molecule has 0 unspecified atom stereocenters. The summed E-state index contributed by atoms with van der Waals surface area (Å²) in [5.41, 5.74) is 3.08. The van der Waals surface area contributed by atoms with E-state index in [9.17, 15) is 4.79 Å². The van der Waals surface area contributed by atoms with Crippen LogP contribution in [0.3, 0.4) is 0 Å². The Kier molecular flexibility index (Phi) is 2.03. The summed E-state index contributed by atoms with van der Waals surface area (Å²) in [5.74, 6) is 0.0199. The molecule has 1 amide bonds. The van der Waals surface area contributed by atoms with Gasteiger partial charge in [0, 0.05) is 22.5 Å². The topological polar surface area (TPSA) is 34.0 Å². The zero-order chi connectivity index (χ0) is 12.8. The molecule has 3 nitrogen and oxygen atoms in total. The molecule has 1 aliphatic heterocycles. The molecule has 0 fully saturated rings. The van der Waals surface area contributed by atoms with Crippen molar-refractivity contribution in [3.05, 3.63) is 54.7 Å². The number of aromatic nitrogens is 1. The second-order valence-electron chi connectivity index (χ2n) is 4.79. The van der Waals surface area contributed by atoms with Crippen molar-refractivity contribution in [2.45, 2.75) is 6.54 Å². The third kappa shape index (κ3) is 1.48. The van der Waals surface area contributed by atoms with Gasteiger partial charge in [0.05, 0.1) is 11.4 Å². The van der Waals surface area contributed by atoms with Crippen molar-refractivity contribution in [1.82, 2.24) is 4.57 Å². The molecule has 92 valence electrons. The number of nitrogens with one attached hydrogen (secondary N) is 1. The van der Waals surface area contributed by atoms with Crippen molar-refractivity contribution in [2.24, 2.45) is 0 Å². The van der Waals surface area contributed by atoms with E-state index in [2.05, 4.69) is 23.5 Å². The summed E-state index contributed by atoms with van der Waals surface area (Å²) in [4.78, 5) is 12.0. The number of rotatable bonds is 0. The number of anilines is 1. The summed E-state index contributed by atoms with van der Waals surface area (Å²) in [6, 6.07) is 16.2. The molecule has 0 saturated heterocycles. The van der Waals surface area contributed by atoms with Gasteiger partial charge in [-0.1, -0.05) is 42.5 Å². The van der Waals surface area contributed by atoms with E-state index in [4.69, 9.17) is 0 Å². The minimum absolute atomic E-state index is 0.0199. The average Bonchev–Trinajstić information content (AvgIpc) is 2.70. The highest BCUT2D eigenvalue weighted by Crippen LogP contribution is 2.36. The average molecular weight is 248 g/mol. The van der Waals surface area contributed by atoms with Gasteiger partial charge in [-0.05, 0) is 6.07 Å². The lowest BCUT2D eigenvalue weighted by molar-refractivity contribution is -0.116. The minimum Gasteiger partial charge on any atom is -0.337 e. The van der Waals surface area contributed by atoms with E-state index in [1.807, 2.05) is 41.1 Å². The number of hydrogen-bond donors (Lipinski definition) is 1. The number of fused-ring (bicyclic) bond motifs is 5. The molecular weight excluding hydrogens is 236 g/mol. The Hall–Kier alpha value is -2.55. The summed E-state index contributed by atoms with van der Waals surface area (Å²) in [6.07, 6.45) is 2.05. The first-order valence-corrected chi connectivity index (χ1v) is 6.30. The van der Waals surface area contributed by atoms with Crippen LogP contribution >= 0.6 is 0 Å². The fourth-order valence-electron chi connectivity index (χ4n) is 2.78. The molecule has 0 aliphatic carbocycles. The zero-order valence-electron chi connectivity index (χ0n) is 10.3. The highest BCUT2D eigenvalue weighted by atomic mass is 16.2. The maximum atomic E-state index is 12.0. The van der Waals surface area contributed by atoms with E-state index in [0.717, 1.165) is 16.9 Å². The summed E-state index contributed by atoms with van der Waals surface area (Å²) < 4.78 is 2.03. The first kappa shape index (κ1) is 10.4. The van der Waals surface area contributed by atoms with Gasteiger partial charge in [-0.3, -0.25) is 4.79 Å². The Labute approximate surface area is 110 Å². The van der Waals surface area contributed by atoms with E-state index in [1.54, 1.807) is 0 Å². The van der Waals surface area contributed by atoms with Gasteiger partial charge in [-0.25, -0.2) is 0 Å². The van der Waals surface area contributed by atoms with Crippen molar-refractivity contribution >= 4 is 22.4 Å². The number of amides is 1. The number of hydrogen-bond acceptors (Lipinski definition) is 1. The van der Waals surface area contributed by atoms with Crippen LogP contribution in [-0.4, -0.2) is 10.5 Å². The standard InChI is InChI=1S/C16H12N2O/c19-15-10-18-9-11-5-1-2-6-12(11)16(18)13-7-3-4-8-14(13)17-15/h1-9H,10H2,(H,17,19). The maximum absolute atomic E-state index is 12.0. The van der Waals surface area contributed by atoms with Gasteiger partial charge >= 0.3 is 0 Å². The van der Waals surface area contributed by atoms with Crippen LogP contribution in [0, 0.1) is 0 Å². The number of benzene rings is 2. The lowest BCUT2D eigenvalue weighted by Crippen LogP contribution is -2.15. The van der Waals surface area contributed by atoms with E-state index in [-0.39, 0.29) is 5.91 Å². The summed E-state index contributed by atoms with van der Waals surface area (Å²) in [7, 11) is 0. The molecule has 1 aromatic heterocycles. The van der Waals surface area contributed by atoms with Crippen LogP contribution < -0.4 is 5.32 Å². The molecule has 0 bridgehead atoms. The lowest BCUT2D eigenvalue weighted by atomic mass is 10.1. The Bertz CT molecular complexity index is 801. The van der Waals surface area contributed by atoms with E-state index >= 15 is 0 Å². The summed E-state index contributed by atoms with van der Waals surface area (Å²) in [6.45, 7) is 0.360. The van der Waals surface area contributed by atoms with Crippen molar-refractivity contribution in [3.8, 4) is 11.3 Å². The molecule has 0 saturated carbocycles. The highest BCUT2D eigenvalue weighted by Gasteiger charge is 2.20. The summed E-state index contributed by atoms with van der Waals surface area (Å²) in [5, 5.41) is 5.32. The number of nitrogens with zero attached hydrogens (tertiary/aromatic N) is 1. The Morgan fingerprint density at radius 1 is 1.00 bits per heavy atom. The van der Waals surface area contributed by atoms with Gasteiger partial charge < -0.3 is 9.88 Å². The monoisotopic (exact) mass is 248 g/mol. The van der Waals surface area contributed by atoms with Crippen LogP contribution in [0.4, 0.5) is 5.69 Å². The van der Waals surface area contributed by atoms with E-state index in [1.165, 1.54) is 10.8 Å². The highest BCUT2D eigenvalue weighted by molar-refractivity contribution is 6.04. The smallest absolute Gasteiger partial charge is 0.244 e. The molecule has 1 aliphatic rings. The van der Waals surface area contributed by atoms with Crippen LogP contribution in [0.2, 0.25) is 0 Å². The van der Waals surface area contributed by atoms with Crippen molar-refractivity contribution in [2.75, 3.05) is 5.32 Å². The molecule has 4 rings (SSSR count). The second kappa shape index (κ2) is 3.72. The van der Waals surface area contributed by atoms with E-state index in [0.29, 0.717) is 6.54 Å². The Balaban J connectivity index is 2.14. The van der Waals surface area contributed by atoms with Gasteiger partial charge in [0.15, 0.2) is 0 Å². The number of carbonyl (C=O) groups excluding carboxylic acids is 1. The maximum Gasteiger partial charge on any atom is 0.244 e. The molecule has 2 heterocycles. The molecule has 3 heteroatoms. The predicted octanol–water partition coefficient (Wildman–Crippen LogP) is 3.26. The first-order valence-electron chi connectivity index (χ1n) is 6.30. The van der Waals surface area contributed by atoms with E-state index < -0.39 is 0 Å². The van der Waals surface area contributed by atoms with Gasteiger partial charge in [-0.15, -0.1) is 0 Å². The lowest BCUT2D eigenvalue weighted by Gasteiger charge is -2.07. The van der Waals surface area contributed by atoms with Crippen LogP contribution in [0.5, 0.6) is 0 Å². The third-order valence-corrected chi connectivity index (χ3v) is 3.57. The normalized spacial score (nSPS) is 13.6. The van der Waals surface area contributed by atoms with Crippen molar-refractivity contribution < 1.29 is 4.79 Å². The minimum atomic E-state index is 0.0199. The molecule has 1 N–H and O–H groups in total. The van der Waals surface area contributed by atoms with Crippen molar-refractivity contribution in [1.29, 1.82) is 0 Å². The van der Waals surface area contributed by atoms with Gasteiger partial charge in [0.25, 0.3) is 0 Å².